The van der Waals surface area contributed by atoms with E-state index >= 15 is 0 Å². The lowest BCUT2D eigenvalue weighted by Gasteiger charge is -2.22. The smallest absolute Gasteiger partial charge is 0.259 e. The number of hydrogen-bond donors (Lipinski definition) is 1. The summed E-state index contributed by atoms with van der Waals surface area (Å²) in [6.07, 6.45) is 0. The largest absolute Gasteiger partial charge is 0.483 e. The van der Waals surface area contributed by atoms with E-state index in [9.17, 15) is 4.79 Å². The average Bonchev–Trinajstić information content (AvgIpc) is 2.33. The van der Waals surface area contributed by atoms with Gasteiger partial charge in [0.25, 0.3) is 5.91 Å². The van der Waals surface area contributed by atoms with E-state index in [0.29, 0.717) is 0 Å². The van der Waals surface area contributed by atoms with Crippen molar-refractivity contribution in [3.8, 4) is 5.75 Å². The predicted molar refractivity (Wildman–Crippen MR) is 82.0 cm³/mol. The Morgan fingerprint density at radius 1 is 1.30 bits per heavy atom. The van der Waals surface area contributed by atoms with E-state index in [4.69, 9.17) is 4.74 Å². The molecule has 1 aromatic carbocycles. The highest BCUT2D eigenvalue weighted by atomic mass is 16.5. The highest BCUT2D eigenvalue weighted by molar-refractivity contribution is 5.77. The fourth-order valence-corrected chi connectivity index (χ4v) is 1.62. The molecule has 0 heterocycles. The Bertz CT molecular complexity index is 462. The van der Waals surface area contributed by atoms with E-state index in [2.05, 4.69) is 39.1 Å². The van der Waals surface area contributed by atoms with Gasteiger partial charge in [-0.15, -0.1) is 0 Å². The number of benzene rings is 1. The third-order valence-electron chi connectivity index (χ3n) is 2.88. The molecule has 0 spiro atoms. The lowest BCUT2D eigenvalue weighted by atomic mass is 10.1. The molecule has 0 aromatic heterocycles. The molecule has 4 heteroatoms. The van der Waals surface area contributed by atoms with Gasteiger partial charge in [0, 0.05) is 31.7 Å². The molecule has 1 N–H and O–H groups in total. The topological polar surface area (TPSA) is 41.6 Å². The first-order valence-electron chi connectivity index (χ1n) is 6.86. The molecule has 0 aliphatic rings. The van der Waals surface area contributed by atoms with Crippen LogP contribution in [-0.4, -0.2) is 37.0 Å². The van der Waals surface area contributed by atoms with Crippen LogP contribution in [0, 0.1) is 6.92 Å². The Labute approximate surface area is 122 Å². The molecule has 0 radical (unpaired) electrons. The van der Waals surface area contributed by atoms with Crippen LogP contribution in [0.5, 0.6) is 5.75 Å². The minimum Gasteiger partial charge on any atom is -0.483 e. The van der Waals surface area contributed by atoms with Crippen LogP contribution in [0.25, 0.3) is 0 Å². The van der Waals surface area contributed by atoms with Crippen molar-refractivity contribution in [1.82, 2.24) is 10.2 Å². The Kier molecular flexibility index (Phi) is 5.57. The molecular weight excluding hydrogens is 252 g/mol. The van der Waals surface area contributed by atoms with Gasteiger partial charge in [0.15, 0.2) is 6.61 Å². The molecule has 0 aliphatic carbocycles. The van der Waals surface area contributed by atoms with Crippen molar-refractivity contribution in [3.05, 3.63) is 29.3 Å². The zero-order valence-corrected chi connectivity index (χ0v) is 13.4. The zero-order chi connectivity index (χ0) is 15.3. The molecule has 1 amide bonds. The van der Waals surface area contributed by atoms with E-state index in [1.165, 1.54) is 10.5 Å². The van der Waals surface area contributed by atoms with E-state index in [1.807, 2.05) is 12.1 Å². The van der Waals surface area contributed by atoms with Crippen LogP contribution < -0.4 is 10.1 Å². The molecule has 0 bridgehead atoms. The van der Waals surface area contributed by atoms with Crippen molar-refractivity contribution >= 4 is 5.91 Å². The molecule has 1 rings (SSSR count). The third kappa shape index (κ3) is 5.61. The molecule has 0 atom stereocenters. The highest BCUT2D eigenvalue weighted by Crippen LogP contribution is 2.21. The molecule has 20 heavy (non-hydrogen) atoms. The summed E-state index contributed by atoms with van der Waals surface area (Å²) in [6, 6.07) is 6.02. The van der Waals surface area contributed by atoms with Gasteiger partial charge in [-0.25, -0.2) is 0 Å². The summed E-state index contributed by atoms with van der Waals surface area (Å²) in [5.74, 6) is 0.725. The maximum absolute atomic E-state index is 11.6. The van der Waals surface area contributed by atoms with E-state index < -0.39 is 0 Å². The van der Waals surface area contributed by atoms with Gasteiger partial charge in [0.2, 0.25) is 0 Å². The predicted octanol–water partition coefficient (Wildman–Crippen LogP) is 2.35. The van der Waals surface area contributed by atoms with E-state index in [0.717, 1.165) is 17.9 Å². The van der Waals surface area contributed by atoms with Gasteiger partial charge in [-0.05, 0) is 33.8 Å². The van der Waals surface area contributed by atoms with E-state index in [-0.39, 0.29) is 18.1 Å². The van der Waals surface area contributed by atoms with Crippen LogP contribution in [0.1, 0.15) is 31.9 Å². The van der Waals surface area contributed by atoms with Crippen molar-refractivity contribution in [2.75, 3.05) is 20.7 Å². The molecular formula is C16H26N2O2. The lowest BCUT2D eigenvalue weighted by molar-refractivity contribution is -0.130. The fourth-order valence-electron chi connectivity index (χ4n) is 1.62. The number of nitrogens with one attached hydrogen (secondary N) is 1. The van der Waals surface area contributed by atoms with Gasteiger partial charge < -0.3 is 15.0 Å². The van der Waals surface area contributed by atoms with Crippen LogP contribution in [0.4, 0.5) is 0 Å². The van der Waals surface area contributed by atoms with Gasteiger partial charge in [-0.3, -0.25) is 4.79 Å². The van der Waals surface area contributed by atoms with Crippen molar-refractivity contribution in [2.24, 2.45) is 0 Å². The molecule has 1 aromatic rings. The lowest BCUT2D eigenvalue weighted by Crippen LogP contribution is -2.35. The number of likely N-dealkylation sites (N-methyl/N-ethyl adjacent to an activating group) is 1. The standard InChI is InChI=1S/C16H26N2O2/c1-12-7-8-14(20-11-15(19)18(5)6)13(9-12)10-17-16(2,3)4/h7-9,17H,10-11H2,1-6H3. The van der Waals surface area contributed by atoms with Crippen LogP contribution in [0.3, 0.4) is 0 Å². The van der Waals surface area contributed by atoms with Gasteiger partial charge in [-0.1, -0.05) is 17.7 Å². The summed E-state index contributed by atoms with van der Waals surface area (Å²) in [6.45, 7) is 9.21. The van der Waals surface area contributed by atoms with Crippen LogP contribution in [0.15, 0.2) is 18.2 Å². The second kappa shape index (κ2) is 6.75. The first-order valence-corrected chi connectivity index (χ1v) is 6.86. The molecule has 0 aliphatic heterocycles. The van der Waals surface area contributed by atoms with Crippen LogP contribution in [-0.2, 0) is 11.3 Å². The minimum absolute atomic E-state index is 0.0414. The molecule has 4 nitrogen and oxygen atoms in total. The molecule has 0 saturated heterocycles. The normalized spacial score (nSPS) is 11.3. The van der Waals surface area contributed by atoms with E-state index in [1.54, 1.807) is 14.1 Å². The van der Waals surface area contributed by atoms with Gasteiger partial charge in [0.05, 0.1) is 0 Å². The summed E-state index contributed by atoms with van der Waals surface area (Å²) >= 11 is 0. The first kappa shape index (κ1) is 16.5. The number of amides is 1. The Morgan fingerprint density at radius 3 is 2.50 bits per heavy atom. The van der Waals surface area contributed by atoms with Gasteiger partial charge >= 0.3 is 0 Å². The van der Waals surface area contributed by atoms with Crippen molar-refractivity contribution in [2.45, 2.75) is 39.8 Å². The number of aryl methyl sites for hydroxylation is 1. The molecule has 112 valence electrons. The summed E-state index contributed by atoms with van der Waals surface area (Å²) < 4.78 is 5.65. The maximum Gasteiger partial charge on any atom is 0.259 e. The Morgan fingerprint density at radius 2 is 1.95 bits per heavy atom. The van der Waals surface area contributed by atoms with Crippen molar-refractivity contribution in [1.29, 1.82) is 0 Å². The Balaban J connectivity index is 2.77. The second-order valence-corrected chi connectivity index (χ2v) is 6.29. The Hall–Kier alpha value is -1.55. The van der Waals surface area contributed by atoms with Gasteiger partial charge in [-0.2, -0.15) is 0 Å². The summed E-state index contributed by atoms with van der Waals surface area (Å²) in [7, 11) is 3.45. The quantitative estimate of drug-likeness (QED) is 0.899. The molecule has 0 saturated carbocycles. The monoisotopic (exact) mass is 278 g/mol. The summed E-state index contributed by atoms with van der Waals surface area (Å²) in [5, 5.41) is 3.44. The third-order valence-corrected chi connectivity index (χ3v) is 2.88. The summed E-state index contributed by atoms with van der Waals surface area (Å²) in [5.41, 5.74) is 2.30. The fraction of sp³-hybridized carbons (Fsp3) is 0.562. The van der Waals surface area contributed by atoms with Crippen molar-refractivity contribution < 1.29 is 9.53 Å². The second-order valence-electron chi connectivity index (χ2n) is 6.29. The number of rotatable bonds is 5. The molecule has 0 fully saturated rings. The number of ether oxygens (including phenoxy) is 1. The first-order chi connectivity index (χ1) is 9.19. The summed E-state index contributed by atoms with van der Waals surface area (Å²) in [4.78, 5) is 13.1. The zero-order valence-electron chi connectivity index (χ0n) is 13.4. The number of carbonyl (C=O) groups excluding carboxylic acids is 1. The SMILES string of the molecule is Cc1ccc(OCC(=O)N(C)C)c(CNC(C)(C)C)c1. The highest BCUT2D eigenvalue weighted by Gasteiger charge is 2.12. The van der Waals surface area contributed by atoms with Crippen LogP contribution >= 0.6 is 0 Å². The number of nitrogens with zero attached hydrogens (tertiary/aromatic N) is 1. The maximum atomic E-state index is 11.6. The minimum atomic E-state index is -0.0414. The molecule has 0 unspecified atom stereocenters. The average molecular weight is 278 g/mol. The van der Waals surface area contributed by atoms with Crippen molar-refractivity contribution in [3.63, 3.8) is 0 Å². The van der Waals surface area contributed by atoms with Gasteiger partial charge in [0.1, 0.15) is 5.75 Å². The number of carbonyl (C=O) groups is 1. The van der Waals surface area contributed by atoms with Crippen LogP contribution in [0.2, 0.25) is 0 Å². The number of hydrogen-bond acceptors (Lipinski definition) is 3.